The Kier molecular flexibility index (Phi) is 6.27. The van der Waals surface area contributed by atoms with E-state index in [-0.39, 0.29) is 30.9 Å². The number of hydrogen-bond acceptors (Lipinski definition) is 6. The van der Waals surface area contributed by atoms with E-state index in [2.05, 4.69) is 22.2 Å². The number of anilines is 2. The molecular weight excluding hydrogens is 428 g/mol. The summed E-state index contributed by atoms with van der Waals surface area (Å²) in [6.07, 6.45) is 1.66. The smallest absolute Gasteiger partial charge is 0.265 e. The predicted octanol–water partition coefficient (Wildman–Crippen LogP) is 3.09. The van der Waals surface area contributed by atoms with Crippen molar-refractivity contribution >= 4 is 39.9 Å². The maximum absolute atomic E-state index is 12.2. The Bertz CT molecular complexity index is 1180. The first-order valence-corrected chi connectivity index (χ1v) is 10.7. The van der Waals surface area contributed by atoms with Crippen LogP contribution in [-0.4, -0.2) is 42.4 Å². The molecule has 1 aliphatic heterocycles. The van der Waals surface area contributed by atoms with Crippen LogP contribution in [0.3, 0.4) is 0 Å². The molecule has 2 aromatic carbocycles. The lowest BCUT2D eigenvalue weighted by atomic mass is 10.1. The molecule has 0 radical (unpaired) electrons. The number of thiazole rings is 1. The van der Waals surface area contributed by atoms with Gasteiger partial charge in [-0.05, 0) is 30.3 Å². The largest absolute Gasteiger partial charge is 0.482 e. The van der Waals surface area contributed by atoms with Gasteiger partial charge in [0.1, 0.15) is 5.75 Å². The summed E-state index contributed by atoms with van der Waals surface area (Å²) in [5.74, 6) is -0.223. The summed E-state index contributed by atoms with van der Waals surface area (Å²) in [7, 11) is 0. The summed E-state index contributed by atoms with van der Waals surface area (Å²) < 4.78 is 5.50. The average Bonchev–Trinajstić information content (AvgIpc) is 3.28. The molecule has 0 spiro atoms. The van der Waals surface area contributed by atoms with Gasteiger partial charge in [-0.25, -0.2) is 4.98 Å². The summed E-state index contributed by atoms with van der Waals surface area (Å²) in [5.41, 5.74) is 2.57. The quantitative estimate of drug-likeness (QED) is 0.541. The monoisotopic (exact) mass is 448 g/mol. The van der Waals surface area contributed by atoms with Crippen molar-refractivity contribution in [1.82, 2.24) is 10.3 Å². The van der Waals surface area contributed by atoms with Crippen LogP contribution >= 0.6 is 11.3 Å². The first-order chi connectivity index (χ1) is 15.5. The number of carbonyl (C=O) groups excluding carboxylic acids is 3. The Hall–Kier alpha value is -3.98. The molecule has 8 nitrogen and oxygen atoms in total. The molecule has 9 heteroatoms. The highest BCUT2D eigenvalue weighted by atomic mass is 32.1. The fourth-order valence-electron chi connectivity index (χ4n) is 3.17. The molecule has 0 saturated carbocycles. The minimum Gasteiger partial charge on any atom is -0.482 e. The normalized spacial score (nSPS) is 12.5. The number of fused-ring (bicyclic) bond motifs is 1. The molecule has 0 bridgehead atoms. The minimum absolute atomic E-state index is 0.00607. The molecule has 2 N–H and O–H groups in total. The topological polar surface area (TPSA) is 101 Å². The summed E-state index contributed by atoms with van der Waals surface area (Å²) in [6.45, 7) is 3.91. The first-order valence-electron chi connectivity index (χ1n) is 9.82. The molecular formula is C23H20N4O4S. The number of benzene rings is 2. The zero-order valence-electron chi connectivity index (χ0n) is 17.0. The standard InChI is InChI=1S/C23H20N4O4S/c1-2-10-27-18-11-16(8-9-19(18)31-13-21(27)29)17-14-32-23(25-17)26-20(28)12-24-22(30)15-6-4-3-5-7-15/h2-9,11,14H,1,10,12-13H2,(H,24,30)(H,25,26,28). The number of aromatic nitrogens is 1. The third kappa shape index (κ3) is 4.68. The Morgan fingerprint density at radius 1 is 1.22 bits per heavy atom. The van der Waals surface area contributed by atoms with Gasteiger partial charge in [0.05, 0.1) is 17.9 Å². The van der Waals surface area contributed by atoms with Crippen LogP contribution in [-0.2, 0) is 9.59 Å². The van der Waals surface area contributed by atoms with Crippen molar-refractivity contribution in [2.24, 2.45) is 0 Å². The SMILES string of the molecule is C=CCN1C(=O)COc2ccc(-c3csc(NC(=O)CNC(=O)c4ccccc4)n3)cc21. The zero-order valence-corrected chi connectivity index (χ0v) is 17.9. The molecule has 0 saturated heterocycles. The van der Waals surface area contributed by atoms with Gasteiger partial charge in [-0.15, -0.1) is 17.9 Å². The molecule has 0 fully saturated rings. The highest BCUT2D eigenvalue weighted by molar-refractivity contribution is 7.14. The number of hydrogen-bond donors (Lipinski definition) is 2. The molecule has 3 aromatic rings. The summed E-state index contributed by atoms with van der Waals surface area (Å²) in [6, 6.07) is 14.1. The molecule has 1 aromatic heterocycles. The van der Waals surface area contributed by atoms with Gasteiger partial charge in [0.25, 0.3) is 11.8 Å². The Labute approximate surface area is 188 Å². The van der Waals surface area contributed by atoms with Gasteiger partial charge in [-0.2, -0.15) is 0 Å². The molecule has 3 amide bonds. The van der Waals surface area contributed by atoms with Gasteiger partial charge in [0, 0.05) is 23.1 Å². The number of ether oxygens (including phenoxy) is 1. The second-order valence-corrected chi connectivity index (χ2v) is 7.76. The van der Waals surface area contributed by atoms with Crippen LogP contribution in [0.1, 0.15) is 10.4 Å². The van der Waals surface area contributed by atoms with E-state index in [1.807, 2.05) is 23.6 Å². The van der Waals surface area contributed by atoms with Gasteiger partial charge in [-0.3, -0.25) is 14.4 Å². The van der Waals surface area contributed by atoms with E-state index in [4.69, 9.17) is 4.74 Å². The van der Waals surface area contributed by atoms with Crippen molar-refractivity contribution in [3.05, 3.63) is 72.1 Å². The van der Waals surface area contributed by atoms with Gasteiger partial charge >= 0.3 is 0 Å². The third-order valence-electron chi connectivity index (χ3n) is 4.71. The van der Waals surface area contributed by atoms with E-state index >= 15 is 0 Å². The van der Waals surface area contributed by atoms with Crippen LogP contribution < -0.4 is 20.3 Å². The van der Waals surface area contributed by atoms with Crippen molar-refractivity contribution in [3.8, 4) is 17.0 Å². The first kappa shape index (κ1) is 21.3. The van der Waals surface area contributed by atoms with Crippen LogP contribution in [0.25, 0.3) is 11.3 Å². The van der Waals surface area contributed by atoms with Crippen LogP contribution in [0, 0.1) is 0 Å². The molecule has 4 rings (SSSR count). The van der Waals surface area contributed by atoms with E-state index < -0.39 is 0 Å². The Balaban J connectivity index is 1.41. The zero-order chi connectivity index (χ0) is 22.5. The van der Waals surface area contributed by atoms with Gasteiger partial charge < -0.3 is 20.3 Å². The number of nitrogens with zero attached hydrogens (tertiary/aromatic N) is 2. The van der Waals surface area contributed by atoms with Crippen molar-refractivity contribution in [1.29, 1.82) is 0 Å². The molecule has 1 aliphatic rings. The van der Waals surface area contributed by atoms with Crippen molar-refractivity contribution in [3.63, 3.8) is 0 Å². The number of amides is 3. The molecule has 32 heavy (non-hydrogen) atoms. The molecule has 2 heterocycles. The summed E-state index contributed by atoms with van der Waals surface area (Å²) in [4.78, 5) is 42.5. The molecule has 0 aliphatic carbocycles. The van der Waals surface area contributed by atoms with Crippen molar-refractivity contribution in [2.75, 3.05) is 29.9 Å². The second-order valence-electron chi connectivity index (χ2n) is 6.90. The van der Waals surface area contributed by atoms with Gasteiger partial charge in [0.2, 0.25) is 5.91 Å². The molecule has 0 unspecified atom stereocenters. The average molecular weight is 449 g/mol. The highest BCUT2D eigenvalue weighted by Gasteiger charge is 2.25. The predicted molar refractivity (Wildman–Crippen MR) is 123 cm³/mol. The van der Waals surface area contributed by atoms with Gasteiger partial charge in [-0.1, -0.05) is 24.3 Å². The fraction of sp³-hybridized carbons (Fsp3) is 0.130. The van der Waals surface area contributed by atoms with Crippen molar-refractivity contribution < 1.29 is 19.1 Å². The maximum atomic E-state index is 12.2. The maximum Gasteiger partial charge on any atom is 0.265 e. The van der Waals surface area contributed by atoms with Crippen LogP contribution in [0.5, 0.6) is 5.75 Å². The molecule has 162 valence electrons. The Morgan fingerprint density at radius 2 is 2.03 bits per heavy atom. The Morgan fingerprint density at radius 3 is 2.81 bits per heavy atom. The van der Waals surface area contributed by atoms with Gasteiger partial charge in [0.15, 0.2) is 11.7 Å². The van der Waals surface area contributed by atoms with Crippen LogP contribution in [0.4, 0.5) is 10.8 Å². The fourth-order valence-corrected chi connectivity index (χ4v) is 3.91. The van der Waals surface area contributed by atoms with E-state index in [1.54, 1.807) is 41.3 Å². The number of rotatable bonds is 7. The van der Waals surface area contributed by atoms with E-state index in [9.17, 15) is 14.4 Å². The number of carbonyl (C=O) groups is 3. The van der Waals surface area contributed by atoms with Crippen molar-refractivity contribution in [2.45, 2.75) is 0 Å². The summed E-state index contributed by atoms with van der Waals surface area (Å²) in [5, 5.41) is 7.49. The van der Waals surface area contributed by atoms with Crippen LogP contribution in [0.15, 0.2) is 66.6 Å². The minimum atomic E-state index is -0.378. The highest BCUT2D eigenvalue weighted by Crippen LogP contribution is 2.36. The van der Waals surface area contributed by atoms with Crippen LogP contribution in [0.2, 0.25) is 0 Å². The summed E-state index contributed by atoms with van der Waals surface area (Å²) >= 11 is 1.27. The van der Waals surface area contributed by atoms with E-state index in [0.717, 1.165) is 5.56 Å². The third-order valence-corrected chi connectivity index (χ3v) is 5.46. The lowest BCUT2D eigenvalue weighted by Gasteiger charge is -2.28. The lowest BCUT2D eigenvalue weighted by Crippen LogP contribution is -2.38. The lowest BCUT2D eigenvalue weighted by molar-refractivity contribution is -0.121. The van der Waals surface area contributed by atoms with E-state index in [1.165, 1.54) is 11.3 Å². The van der Waals surface area contributed by atoms with E-state index in [0.29, 0.717) is 34.4 Å². The second kappa shape index (κ2) is 9.44. The number of nitrogens with one attached hydrogen (secondary N) is 2. The molecule has 0 atom stereocenters.